The lowest BCUT2D eigenvalue weighted by Crippen LogP contribution is -2.38. The van der Waals surface area contributed by atoms with Crippen molar-refractivity contribution in [1.29, 1.82) is 5.26 Å². The number of Topliss-reactive ketones (excluding diaryl/α,β-unsaturated/α-hetero) is 1. The number of carbonyl (C=O) groups is 2. The van der Waals surface area contributed by atoms with Crippen LogP contribution in [-0.4, -0.2) is 27.6 Å². The van der Waals surface area contributed by atoms with Gasteiger partial charge in [0.05, 0.1) is 39.0 Å². The first-order valence-electron chi connectivity index (χ1n) is 11.8. The van der Waals surface area contributed by atoms with Crippen molar-refractivity contribution in [2.75, 3.05) is 16.0 Å². The van der Waals surface area contributed by atoms with E-state index >= 15 is 0 Å². The number of aromatic nitrogens is 2. The zero-order valence-corrected chi connectivity index (χ0v) is 23.5. The van der Waals surface area contributed by atoms with Gasteiger partial charge in [-0.15, -0.1) is 10.2 Å². The number of allylic oxidation sites excluding steroid dienone is 3. The second-order valence-electron chi connectivity index (χ2n) is 8.80. The van der Waals surface area contributed by atoms with Crippen LogP contribution in [0.1, 0.15) is 30.7 Å². The molecule has 0 saturated carbocycles. The molecular weight excluding hydrogens is 601 g/mol. The minimum Gasteiger partial charge on any atom is -0.384 e. The molecule has 204 valence electrons. The summed E-state index contributed by atoms with van der Waals surface area (Å²) in [7, 11) is 0. The van der Waals surface area contributed by atoms with E-state index < -0.39 is 23.5 Å². The topological polar surface area (TPSA) is 125 Å². The molecule has 5 rings (SSSR count). The first-order valence-corrected chi connectivity index (χ1v) is 14.4. The van der Waals surface area contributed by atoms with Gasteiger partial charge in [-0.1, -0.05) is 52.4 Å². The number of rotatable bonds is 6. The van der Waals surface area contributed by atoms with Gasteiger partial charge in [0.15, 0.2) is 10.1 Å². The monoisotopic (exact) mass is 618 g/mol. The highest BCUT2D eigenvalue weighted by Gasteiger charge is 2.41. The highest BCUT2D eigenvalue weighted by Crippen LogP contribution is 2.47. The minimum atomic E-state index is -0.887. The molecule has 1 unspecified atom stereocenters. The Morgan fingerprint density at radius 2 is 2.00 bits per heavy atom. The molecule has 3 N–H and O–H groups in total. The Kier molecular flexibility index (Phi) is 8.09. The summed E-state index contributed by atoms with van der Waals surface area (Å²) in [6.45, 7) is 0. The van der Waals surface area contributed by atoms with Gasteiger partial charge < -0.3 is 11.1 Å². The van der Waals surface area contributed by atoms with E-state index in [0.717, 1.165) is 35.2 Å². The molecule has 1 aliphatic carbocycles. The van der Waals surface area contributed by atoms with Crippen molar-refractivity contribution in [3.8, 4) is 6.07 Å². The molecule has 0 saturated heterocycles. The van der Waals surface area contributed by atoms with Crippen molar-refractivity contribution in [2.45, 2.75) is 29.5 Å². The lowest BCUT2D eigenvalue weighted by atomic mass is 9.76. The predicted octanol–water partition coefficient (Wildman–Crippen LogP) is 6.16. The average Bonchev–Trinajstić information content (AvgIpc) is 3.38. The first kappa shape index (κ1) is 28.0. The SMILES string of the molecule is N#CC1=C(N)N(c2nnc(SCC(=O)Nc3ccc(F)cc3F)s2)C2=C(C(=O)CCC2)C1c1ccc(Cl)c(Cl)c1. The number of benzene rings is 2. The number of anilines is 2. The summed E-state index contributed by atoms with van der Waals surface area (Å²) in [5, 5.41) is 21.8. The summed E-state index contributed by atoms with van der Waals surface area (Å²) < 4.78 is 27.4. The zero-order valence-electron chi connectivity index (χ0n) is 20.4. The van der Waals surface area contributed by atoms with Gasteiger partial charge in [-0.3, -0.25) is 14.5 Å². The third kappa shape index (κ3) is 5.42. The number of carbonyl (C=O) groups excluding carboxylic acids is 2. The van der Waals surface area contributed by atoms with Crippen molar-refractivity contribution >= 4 is 68.8 Å². The number of amides is 1. The molecule has 2 aromatic carbocycles. The van der Waals surface area contributed by atoms with E-state index in [2.05, 4.69) is 21.6 Å². The van der Waals surface area contributed by atoms with E-state index in [-0.39, 0.29) is 28.6 Å². The van der Waals surface area contributed by atoms with E-state index in [9.17, 15) is 23.6 Å². The summed E-state index contributed by atoms with van der Waals surface area (Å²) in [5.41, 5.74) is 8.25. The average molecular weight is 620 g/mol. The number of thioether (sulfide) groups is 1. The van der Waals surface area contributed by atoms with E-state index in [1.165, 1.54) is 0 Å². The molecule has 0 radical (unpaired) electrons. The molecule has 1 aliphatic heterocycles. The number of nitrogens with zero attached hydrogens (tertiary/aromatic N) is 4. The van der Waals surface area contributed by atoms with Gasteiger partial charge in [0.2, 0.25) is 11.0 Å². The van der Waals surface area contributed by atoms with Gasteiger partial charge in [-0.25, -0.2) is 8.78 Å². The second kappa shape index (κ2) is 11.5. The van der Waals surface area contributed by atoms with Crippen LogP contribution in [0.4, 0.5) is 19.6 Å². The van der Waals surface area contributed by atoms with E-state index in [1.807, 2.05) is 0 Å². The molecule has 3 aromatic rings. The zero-order chi connectivity index (χ0) is 28.6. The Balaban J connectivity index is 1.42. The summed E-state index contributed by atoms with van der Waals surface area (Å²) >= 11 is 14.5. The fourth-order valence-corrected chi connectivity index (χ4v) is 6.57. The largest absolute Gasteiger partial charge is 0.384 e. The molecule has 2 aliphatic rings. The lowest BCUT2D eigenvalue weighted by molar-refractivity contribution is -0.116. The van der Waals surface area contributed by atoms with Gasteiger partial charge in [0.1, 0.15) is 17.5 Å². The van der Waals surface area contributed by atoms with Crippen LogP contribution in [0.5, 0.6) is 0 Å². The van der Waals surface area contributed by atoms with E-state index in [4.69, 9.17) is 28.9 Å². The Labute approximate surface area is 245 Å². The molecule has 8 nitrogen and oxygen atoms in total. The van der Waals surface area contributed by atoms with E-state index in [0.29, 0.717) is 61.7 Å². The number of ketones is 1. The highest BCUT2D eigenvalue weighted by atomic mass is 35.5. The van der Waals surface area contributed by atoms with Crippen LogP contribution in [0, 0.1) is 23.0 Å². The summed E-state index contributed by atoms with van der Waals surface area (Å²) in [4.78, 5) is 27.2. The van der Waals surface area contributed by atoms with Gasteiger partial charge >= 0.3 is 0 Å². The maximum atomic E-state index is 13.9. The smallest absolute Gasteiger partial charge is 0.234 e. The van der Waals surface area contributed by atoms with Gasteiger partial charge in [0, 0.05) is 23.8 Å². The maximum Gasteiger partial charge on any atom is 0.234 e. The minimum absolute atomic E-state index is 0.105. The normalized spacial score (nSPS) is 17.1. The first-order chi connectivity index (χ1) is 19.2. The molecule has 2 heterocycles. The maximum absolute atomic E-state index is 13.9. The standard InChI is InChI=1S/C26H18Cl2F2N6O2S2/c27-15-6-4-12(8-16(15)28)22-14(10-31)24(32)36(19-2-1-3-20(37)23(19)22)25-34-35-26(40-25)39-11-21(38)33-18-7-5-13(29)9-17(18)30/h4-9,22H,1-3,11,32H2,(H,33,38). The number of nitrogens with one attached hydrogen (secondary N) is 1. The quantitative estimate of drug-likeness (QED) is 0.315. The van der Waals surface area contributed by atoms with Crippen molar-refractivity contribution in [2.24, 2.45) is 5.73 Å². The van der Waals surface area contributed by atoms with Crippen LogP contribution in [0.3, 0.4) is 0 Å². The Bertz CT molecular complexity index is 1650. The molecule has 0 fully saturated rings. The number of hydrogen-bond donors (Lipinski definition) is 2. The van der Waals surface area contributed by atoms with Crippen LogP contribution < -0.4 is 16.0 Å². The van der Waals surface area contributed by atoms with Crippen molar-refractivity contribution < 1.29 is 18.4 Å². The van der Waals surface area contributed by atoms with Crippen LogP contribution in [0.2, 0.25) is 10.0 Å². The molecular formula is C26H18Cl2F2N6O2S2. The predicted molar refractivity (Wildman–Crippen MR) is 150 cm³/mol. The molecule has 40 heavy (non-hydrogen) atoms. The summed E-state index contributed by atoms with van der Waals surface area (Å²) in [5.74, 6) is -2.98. The summed E-state index contributed by atoms with van der Waals surface area (Å²) in [6.07, 6.45) is 1.44. The fourth-order valence-electron chi connectivity index (χ4n) is 4.59. The molecule has 1 amide bonds. The molecule has 1 atom stereocenters. The molecule has 0 spiro atoms. The van der Waals surface area contributed by atoms with Crippen molar-refractivity contribution in [1.82, 2.24) is 10.2 Å². The Hall–Kier alpha value is -3.50. The van der Waals surface area contributed by atoms with Gasteiger partial charge in [-0.2, -0.15) is 5.26 Å². The van der Waals surface area contributed by atoms with Crippen LogP contribution in [0.25, 0.3) is 0 Å². The second-order valence-corrected chi connectivity index (χ2v) is 11.8. The van der Waals surface area contributed by atoms with Crippen molar-refractivity contribution in [3.63, 3.8) is 0 Å². The van der Waals surface area contributed by atoms with Crippen LogP contribution >= 0.6 is 46.3 Å². The number of nitriles is 1. The van der Waals surface area contributed by atoms with Crippen LogP contribution in [-0.2, 0) is 9.59 Å². The summed E-state index contributed by atoms with van der Waals surface area (Å²) in [6, 6.07) is 9.97. The number of hydrogen-bond acceptors (Lipinski definition) is 9. The van der Waals surface area contributed by atoms with Gasteiger partial charge in [-0.05, 0) is 42.7 Å². The third-order valence-electron chi connectivity index (χ3n) is 6.31. The lowest BCUT2D eigenvalue weighted by Gasteiger charge is -2.38. The Morgan fingerprint density at radius 3 is 2.73 bits per heavy atom. The highest BCUT2D eigenvalue weighted by molar-refractivity contribution is 8.01. The van der Waals surface area contributed by atoms with Crippen LogP contribution in [0.15, 0.2) is 63.4 Å². The molecule has 0 bridgehead atoms. The third-order valence-corrected chi connectivity index (χ3v) is 9.09. The number of nitrogens with two attached hydrogens (primary N) is 1. The van der Waals surface area contributed by atoms with Crippen molar-refractivity contribution in [3.05, 3.63) is 86.3 Å². The fraction of sp³-hybridized carbons (Fsp3) is 0.192. The Morgan fingerprint density at radius 1 is 1.20 bits per heavy atom. The molecule has 14 heteroatoms. The van der Waals surface area contributed by atoms with Gasteiger partial charge in [0.25, 0.3) is 0 Å². The van der Waals surface area contributed by atoms with E-state index in [1.54, 1.807) is 23.1 Å². The molecule has 1 aromatic heterocycles. The number of halogens is 4.